The van der Waals surface area contributed by atoms with Crippen LogP contribution in [0.2, 0.25) is 0 Å². The summed E-state index contributed by atoms with van der Waals surface area (Å²) in [5.74, 6) is 0.416. The van der Waals surface area contributed by atoms with Crippen molar-refractivity contribution in [3.8, 4) is 5.75 Å². The average Bonchev–Trinajstić information content (AvgIpc) is 2.45. The first-order valence-electron chi connectivity index (χ1n) is 6.83. The monoisotopic (exact) mass is 409 g/mol. The minimum atomic E-state index is -0.556. The minimum absolute atomic E-state index is 0.416. The van der Waals surface area contributed by atoms with Gasteiger partial charge in [0.15, 0.2) is 0 Å². The molecule has 2 aromatic carbocycles. The van der Waals surface area contributed by atoms with Gasteiger partial charge in [-0.15, -0.1) is 0 Å². The Hall–Kier alpha value is 0.394. The number of aromatic hydroxyl groups is 1. The summed E-state index contributed by atoms with van der Waals surface area (Å²) in [4.78, 5) is 0. The molecule has 118 valence electrons. The van der Waals surface area contributed by atoms with Crippen LogP contribution in [0.5, 0.6) is 5.75 Å². The van der Waals surface area contributed by atoms with Gasteiger partial charge in [-0.3, -0.25) is 0 Å². The van der Waals surface area contributed by atoms with Gasteiger partial charge >= 0.3 is 35.6 Å². The van der Waals surface area contributed by atoms with Crippen molar-refractivity contribution in [3.63, 3.8) is 0 Å². The average molecular weight is 410 g/mol. The van der Waals surface area contributed by atoms with Crippen LogP contribution in [0.3, 0.4) is 0 Å². The van der Waals surface area contributed by atoms with Crippen molar-refractivity contribution in [3.05, 3.63) is 47.5 Å². The fourth-order valence-corrected chi connectivity index (χ4v) is 5.48. The van der Waals surface area contributed by atoms with Crippen LogP contribution in [0, 0.1) is 13.8 Å². The van der Waals surface area contributed by atoms with Gasteiger partial charge in [-0.05, 0) is 37.6 Å². The molecule has 2 aromatic rings. The van der Waals surface area contributed by atoms with Crippen molar-refractivity contribution in [2.45, 2.75) is 13.8 Å². The molecule has 0 aliphatic carbocycles. The first-order chi connectivity index (χ1) is 10.4. The third-order valence-electron chi connectivity index (χ3n) is 3.22. The second-order valence-corrected chi connectivity index (χ2v) is 11.6. The number of rotatable bonds is 3. The van der Waals surface area contributed by atoms with Crippen LogP contribution in [-0.4, -0.2) is 18.4 Å². The Balaban J connectivity index is 0.000000745. The molecular weight excluding hydrogens is 389 g/mol. The van der Waals surface area contributed by atoms with E-state index in [0.717, 1.165) is 5.30 Å². The van der Waals surface area contributed by atoms with Crippen LogP contribution in [0.1, 0.15) is 11.1 Å². The molecule has 1 atom stereocenters. The SMILES string of the molecule is Cc1ccc(O)c(Pc2c(C)cccc2[PH+](C)C)c1.[Cl][Ti][Cl]. The Labute approximate surface area is 153 Å². The van der Waals surface area contributed by atoms with E-state index in [1.807, 2.05) is 6.07 Å². The predicted octanol–water partition coefficient (Wildman–Crippen LogP) is 4.11. The van der Waals surface area contributed by atoms with Gasteiger partial charge in [0.2, 0.25) is 0 Å². The Morgan fingerprint density at radius 3 is 2.32 bits per heavy atom. The summed E-state index contributed by atoms with van der Waals surface area (Å²) >= 11 is -0.556. The summed E-state index contributed by atoms with van der Waals surface area (Å²) in [5.41, 5.74) is 2.54. The summed E-state index contributed by atoms with van der Waals surface area (Å²) in [7, 11) is 9.84. The van der Waals surface area contributed by atoms with Crippen molar-refractivity contribution in [1.29, 1.82) is 0 Å². The molecule has 0 radical (unpaired) electrons. The first kappa shape index (κ1) is 20.4. The number of phenols is 1. The van der Waals surface area contributed by atoms with Crippen molar-refractivity contribution < 1.29 is 22.1 Å². The van der Waals surface area contributed by atoms with Gasteiger partial charge in [-0.1, -0.05) is 32.3 Å². The van der Waals surface area contributed by atoms with Gasteiger partial charge < -0.3 is 5.11 Å². The molecule has 0 saturated carbocycles. The van der Waals surface area contributed by atoms with Crippen molar-refractivity contribution in [2.75, 3.05) is 13.3 Å². The third kappa shape index (κ3) is 6.12. The molecule has 0 saturated heterocycles. The van der Waals surface area contributed by atoms with Crippen molar-refractivity contribution in [2.24, 2.45) is 0 Å². The summed E-state index contributed by atoms with van der Waals surface area (Å²) in [6.07, 6.45) is 0. The van der Waals surface area contributed by atoms with E-state index in [4.69, 9.17) is 18.6 Å². The quantitative estimate of drug-likeness (QED) is 0.597. The molecule has 1 N–H and O–H groups in total. The Morgan fingerprint density at radius 1 is 1.09 bits per heavy atom. The topological polar surface area (TPSA) is 20.2 Å². The van der Waals surface area contributed by atoms with E-state index >= 15 is 0 Å². The van der Waals surface area contributed by atoms with Crippen LogP contribution >= 0.6 is 35.1 Å². The summed E-state index contributed by atoms with van der Waals surface area (Å²) in [6, 6.07) is 12.4. The zero-order valence-electron chi connectivity index (χ0n) is 13.2. The van der Waals surface area contributed by atoms with E-state index in [1.165, 1.54) is 21.7 Å². The molecule has 0 spiro atoms. The second-order valence-electron chi connectivity index (χ2n) is 5.21. The van der Waals surface area contributed by atoms with E-state index in [1.54, 1.807) is 6.07 Å². The van der Waals surface area contributed by atoms with Gasteiger partial charge in [0, 0.05) is 18.5 Å². The van der Waals surface area contributed by atoms with Gasteiger partial charge in [-0.2, -0.15) is 0 Å². The van der Waals surface area contributed by atoms with Crippen LogP contribution in [0.15, 0.2) is 36.4 Å². The molecule has 2 rings (SSSR count). The summed E-state index contributed by atoms with van der Waals surface area (Å²) in [5, 5.41) is 14.0. The van der Waals surface area contributed by atoms with Crippen LogP contribution in [-0.2, 0) is 17.0 Å². The van der Waals surface area contributed by atoms with Crippen molar-refractivity contribution in [1.82, 2.24) is 0 Å². The van der Waals surface area contributed by atoms with E-state index < -0.39 is 25.0 Å². The molecule has 0 fully saturated rings. The molecule has 0 amide bonds. The zero-order chi connectivity index (χ0) is 16.7. The molecule has 1 nitrogen and oxygen atoms in total. The summed E-state index contributed by atoms with van der Waals surface area (Å²) in [6.45, 7) is 8.89. The standard InChI is InChI=1S/C16H20OP2.2ClH.Ti/c1-11-8-9-13(17)14(10-11)18-16-12(2)6-5-7-15(16)19(3)4;;;/h5-10,17-18H,1-4H3;2*1H;/q;;;+2/p-1. The molecule has 0 aliphatic heterocycles. The van der Waals surface area contributed by atoms with E-state index in [2.05, 4.69) is 51.4 Å². The second kappa shape index (κ2) is 10.3. The Morgan fingerprint density at radius 2 is 1.73 bits per heavy atom. The van der Waals surface area contributed by atoms with Gasteiger partial charge in [0.05, 0.1) is 18.6 Å². The molecule has 22 heavy (non-hydrogen) atoms. The van der Waals surface area contributed by atoms with Gasteiger partial charge in [0.1, 0.15) is 5.75 Å². The zero-order valence-corrected chi connectivity index (χ0v) is 18.2. The fourth-order valence-electron chi connectivity index (χ4n) is 2.14. The van der Waals surface area contributed by atoms with E-state index in [-0.39, 0.29) is 0 Å². The van der Waals surface area contributed by atoms with Crippen LogP contribution < -0.4 is 15.9 Å². The molecule has 1 unspecified atom stereocenters. The van der Waals surface area contributed by atoms with E-state index in [9.17, 15) is 5.11 Å². The van der Waals surface area contributed by atoms with Gasteiger partial charge in [-0.25, -0.2) is 0 Å². The van der Waals surface area contributed by atoms with Crippen LogP contribution in [0.25, 0.3) is 0 Å². The fraction of sp³-hybridized carbons (Fsp3) is 0.250. The Kier molecular flexibility index (Phi) is 9.57. The molecular formula is C16H21Cl2OP2Ti+. The van der Waals surface area contributed by atoms with Gasteiger partial charge in [0.25, 0.3) is 0 Å². The maximum absolute atomic E-state index is 10.0. The number of hydrogen-bond donors (Lipinski definition) is 1. The van der Waals surface area contributed by atoms with Crippen LogP contribution in [0.4, 0.5) is 0 Å². The normalized spacial score (nSPS) is 10.7. The maximum atomic E-state index is 10.0. The van der Waals surface area contributed by atoms with E-state index in [0.29, 0.717) is 14.3 Å². The number of phenolic OH excluding ortho intramolecular Hbond substituents is 1. The molecule has 0 aliphatic rings. The first-order valence-corrected chi connectivity index (χ1v) is 14.6. The molecule has 0 aromatic heterocycles. The number of halogens is 2. The number of benzene rings is 2. The molecule has 0 heterocycles. The molecule has 6 heteroatoms. The predicted molar refractivity (Wildman–Crippen MR) is 103 cm³/mol. The van der Waals surface area contributed by atoms with Crippen molar-refractivity contribution >= 4 is 51.0 Å². The molecule has 0 bridgehead atoms. The summed E-state index contributed by atoms with van der Waals surface area (Å²) < 4.78 is 0. The Bertz CT molecular complexity index is 621. The number of hydrogen-bond acceptors (Lipinski definition) is 1. The number of aryl methyl sites for hydroxylation is 2. The third-order valence-corrected chi connectivity index (χ3v) is 6.55.